The molecule has 0 bridgehead atoms. The molecule has 0 saturated carbocycles. The Bertz CT molecular complexity index is 157. The molecule has 3 unspecified atom stereocenters. The van der Waals surface area contributed by atoms with Gasteiger partial charge in [-0.2, -0.15) is 0 Å². The van der Waals surface area contributed by atoms with Crippen LogP contribution < -0.4 is 0 Å². The maximum atomic E-state index is 9.67. The third kappa shape index (κ3) is 7.84. The first kappa shape index (κ1) is 15.0. The van der Waals surface area contributed by atoms with Crippen LogP contribution in [0.5, 0.6) is 0 Å². The maximum absolute atomic E-state index is 9.67. The molecule has 1 heteroatoms. The van der Waals surface area contributed by atoms with Gasteiger partial charge < -0.3 is 5.11 Å². The third-order valence-electron chi connectivity index (χ3n) is 3.15. The molecule has 92 valence electrons. The van der Waals surface area contributed by atoms with Gasteiger partial charge in [0.15, 0.2) is 0 Å². The van der Waals surface area contributed by atoms with Crippen LogP contribution >= 0.6 is 0 Å². The van der Waals surface area contributed by atoms with E-state index in [1.165, 1.54) is 12.8 Å². The van der Waals surface area contributed by atoms with Crippen LogP contribution in [-0.2, 0) is 0 Å². The largest absolute Gasteiger partial charge is 0.393 e. The van der Waals surface area contributed by atoms with Crippen molar-refractivity contribution in [3.8, 4) is 0 Å². The Morgan fingerprint density at radius 1 is 1.07 bits per heavy atom. The molecule has 1 N–H and O–H groups in total. The number of aliphatic hydroxyl groups excluding tert-OH is 1. The van der Waals surface area contributed by atoms with Crippen molar-refractivity contribution in [1.29, 1.82) is 0 Å². The van der Waals surface area contributed by atoms with E-state index in [-0.39, 0.29) is 6.10 Å². The van der Waals surface area contributed by atoms with Gasteiger partial charge in [0.1, 0.15) is 0 Å². The van der Waals surface area contributed by atoms with E-state index in [0.717, 1.165) is 18.8 Å². The molecule has 0 heterocycles. The molecular weight excluding hydrogens is 184 g/mol. The lowest BCUT2D eigenvalue weighted by molar-refractivity contribution is 0.103. The lowest BCUT2D eigenvalue weighted by Crippen LogP contribution is -2.18. The smallest absolute Gasteiger partial charge is 0.0563 e. The molecule has 0 aromatic carbocycles. The van der Waals surface area contributed by atoms with E-state index >= 15 is 0 Å². The molecule has 1 nitrogen and oxygen atoms in total. The van der Waals surface area contributed by atoms with Gasteiger partial charge >= 0.3 is 0 Å². The van der Waals surface area contributed by atoms with Crippen molar-refractivity contribution >= 4 is 0 Å². The lowest BCUT2D eigenvalue weighted by atomic mass is 9.82. The van der Waals surface area contributed by atoms with E-state index in [4.69, 9.17) is 0 Å². The number of hydrogen-bond donors (Lipinski definition) is 1. The monoisotopic (exact) mass is 214 g/mol. The summed E-state index contributed by atoms with van der Waals surface area (Å²) in [6.45, 7) is 13.4. The van der Waals surface area contributed by atoms with Crippen molar-refractivity contribution in [3.63, 3.8) is 0 Å². The van der Waals surface area contributed by atoms with Gasteiger partial charge in [0.05, 0.1) is 6.10 Å². The Balaban J connectivity index is 3.76. The molecule has 0 fully saturated rings. The van der Waals surface area contributed by atoms with E-state index in [2.05, 4.69) is 41.5 Å². The minimum atomic E-state index is -0.105. The van der Waals surface area contributed by atoms with Gasteiger partial charge in [0, 0.05) is 0 Å². The Labute approximate surface area is 96.3 Å². The Hall–Kier alpha value is -0.0400. The van der Waals surface area contributed by atoms with E-state index in [9.17, 15) is 5.11 Å². The highest BCUT2D eigenvalue weighted by atomic mass is 16.3. The van der Waals surface area contributed by atoms with E-state index < -0.39 is 0 Å². The number of rotatable bonds is 6. The van der Waals surface area contributed by atoms with Crippen LogP contribution in [0.2, 0.25) is 0 Å². The zero-order valence-electron chi connectivity index (χ0n) is 11.5. The molecule has 15 heavy (non-hydrogen) atoms. The van der Waals surface area contributed by atoms with Crippen LogP contribution in [0.4, 0.5) is 0 Å². The standard InChI is InChI=1S/C14H30O/c1-7-13(15)12(3)9-8-11(2)10-14(4,5)6/h11-13,15H,7-10H2,1-6H3. The Morgan fingerprint density at radius 2 is 1.60 bits per heavy atom. The highest BCUT2D eigenvalue weighted by Crippen LogP contribution is 2.28. The molecule has 3 atom stereocenters. The topological polar surface area (TPSA) is 20.2 Å². The minimum Gasteiger partial charge on any atom is -0.393 e. The molecule has 0 amide bonds. The minimum absolute atomic E-state index is 0.105. The SMILES string of the molecule is CCC(O)C(C)CCC(C)CC(C)(C)C. The normalized spacial score (nSPS) is 18.6. The van der Waals surface area contributed by atoms with Crippen LogP contribution in [0.3, 0.4) is 0 Å². The Morgan fingerprint density at radius 3 is 2.00 bits per heavy atom. The molecule has 0 radical (unpaired) electrons. The highest BCUT2D eigenvalue weighted by molar-refractivity contribution is 4.69. The molecule has 0 aliphatic heterocycles. The van der Waals surface area contributed by atoms with Gasteiger partial charge in [-0.05, 0) is 36.5 Å². The van der Waals surface area contributed by atoms with Crippen molar-refractivity contribution in [2.45, 2.75) is 73.3 Å². The molecular formula is C14H30O. The summed E-state index contributed by atoms with van der Waals surface area (Å²) in [5, 5.41) is 9.67. The fraction of sp³-hybridized carbons (Fsp3) is 1.00. The van der Waals surface area contributed by atoms with E-state index in [0.29, 0.717) is 11.3 Å². The zero-order chi connectivity index (χ0) is 12.1. The predicted molar refractivity (Wildman–Crippen MR) is 67.9 cm³/mol. The molecule has 0 aliphatic carbocycles. The second-order valence-corrected chi connectivity index (χ2v) is 6.40. The molecule has 0 aliphatic rings. The van der Waals surface area contributed by atoms with Crippen LogP contribution in [0.25, 0.3) is 0 Å². The predicted octanol–water partition coefficient (Wildman–Crippen LogP) is 4.25. The summed E-state index contributed by atoms with van der Waals surface area (Å²) in [4.78, 5) is 0. The molecule has 0 spiro atoms. The maximum Gasteiger partial charge on any atom is 0.0563 e. The summed E-state index contributed by atoms with van der Waals surface area (Å²) in [6, 6.07) is 0. The van der Waals surface area contributed by atoms with E-state index in [1.54, 1.807) is 0 Å². The lowest BCUT2D eigenvalue weighted by Gasteiger charge is -2.25. The fourth-order valence-corrected chi connectivity index (χ4v) is 2.29. The summed E-state index contributed by atoms with van der Waals surface area (Å²) in [7, 11) is 0. The quantitative estimate of drug-likeness (QED) is 0.701. The van der Waals surface area contributed by atoms with Crippen LogP contribution in [-0.4, -0.2) is 11.2 Å². The zero-order valence-corrected chi connectivity index (χ0v) is 11.5. The fourth-order valence-electron chi connectivity index (χ4n) is 2.29. The van der Waals surface area contributed by atoms with Crippen molar-refractivity contribution < 1.29 is 5.11 Å². The van der Waals surface area contributed by atoms with Gasteiger partial charge in [-0.25, -0.2) is 0 Å². The first-order valence-corrected chi connectivity index (χ1v) is 6.44. The van der Waals surface area contributed by atoms with E-state index in [1.807, 2.05) is 0 Å². The van der Waals surface area contributed by atoms with Gasteiger partial charge in [-0.3, -0.25) is 0 Å². The highest BCUT2D eigenvalue weighted by Gasteiger charge is 2.17. The molecule has 0 aromatic rings. The second-order valence-electron chi connectivity index (χ2n) is 6.40. The van der Waals surface area contributed by atoms with Crippen LogP contribution in [0, 0.1) is 17.3 Å². The summed E-state index contributed by atoms with van der Waals surface area (Å²) in [5.74, 6) is 1.23. The summed E-state index contributed by atoms with van der Waals surface area (Å²) in [6.07, 6.45) is 4.46. The Kier molecular flexibility index (Phi) is 6.51. The molecule has 0 saturated heterocycles. The van der Waals surface area contributed by atoms with Crippen molar-refractivity contribution in [2.24, 2.45) is 17.3 Å². The first-order valence-electron chi connectivity index (χ1n) is 6.44. The first-order chi connectivity index (χ1) is 6.76. The van der Waals surface area contributed by atoms with Gasteiger partial charge in [0.2, 0.25) is 0 Å². The van der Waals surface area contributed by atoms with Crippen LogP contribution in [0.1, 0.15) is 67.2 Å². The number of aliphatic hydroxyl groups is 1. The van der Waals surface area contributed by atoms with Gasteiger partial charge in [-0.1, -0.05) is 48.0 Å². The average molecular weight is 214 g/mol. The second kappa shape index (κ2) is 6.52. The summed E-state index contributed by atoms with van der Waals surface area (Å²) >= 11 is 0. The van der Waals surface area contributed by atoms with Crippen molar-refractivity contribution in [2.75, 3.05) is 0 Å². The van der Waals surface area contributed by atoms with Crippen molar-refractivity contribution in [1.82, 2.24) is 0 Å². The molecule has 0 aromatic heterocycles. The number of hydrogen-bond acceptors (Lipinski definition) is 1. The van der Waals surface area contributed by atoms with Gasteiger partial charge in [0.25, 0.3) is 0 Å². The van der Waals surface area contributed by atoms with Crippen LogP contribution in [0.15, 0.2) is 0 Å². The average Bonchev–Trinajstić information content (AvgIpc) is 2.10. The molecule has 0 rings (SSSR count). The summed E-state index contributed by atoms with van der Waals surface area (Å²) in [5.41, 5.74) is 0.437. The van der Waals surface area contributed by atoms with Gasteiger partial charge in [-0.15, -0.1) is 0 Å². The summed E-state index contributed by atoms with van der Waals surface area (Å²) < 4.78 is 0. The third-order valence-corrected chi connectivity index (χ3v) is 3.15. The van der Waals surface area contributed by atoms with Crippen molar-refractivity contribution in [3.05, 3.63) is 0 Å².